The number of hydrogen-bond acceptors (Lipinski definition) is 4. The molecular weight excluding hydrogens is 441 g/mol. The molecule has 0 amide bonds. The van der Waals surface area contributed by atoms with Crippen LogP contribution in [0, 0.1) is 5.41 Å². The first-order valence-electron chi connectivity index (χ1n) is 11.0. The van der Waals surface area contributed by atoms with Gasteiger partial charge in [0.05, 0.1) is 11.6 Å². The normalized spacial score (nSPS) is 17.0. The second kappa shape index (κ2) is 9.24. The second-order valence-electron chi connectivity index (χ2n) is 9.56. The molecule has 1 fully saturated rings. The number of para-hydroxylation sites is 1. The number of halogens is 2. The topological polar surface area (TPSA) is 55.6 Å². The molecule has 1 aromatic heterocycles. The Morgan fingerprint density at radius 2 is 1.78 bits per heavy atom. The third-order valence-corrected chi connectivity index (χ3v) is 6.67. The van der Waals surface area contributed by atoms with Gasteiger partial charge in [-0.2, -0.15) is 0 Å². The number of nitrogens with zero attached hydrogens (tertiary/aromatic N) is 4. The molecule has 0 spiro atoms. The number of benzene rings is 2. The number of aromatic nitrogens is 4. The van der Waals surface area contributed by atoms with Gasteiger partial charge in [-0.25, -0.2) is 4.68 Å². The zero-order chi connectivity index (χ0) is 22.8. The van der Waals surface area contributed by atoms with E-state index in [0.717, 1.165) is 42.8 Å². The van der Waals surface area contributed by atoms with Crippen LogP contribution in [0.1, 0.15) is 63.9 Å². The van der Waals surface area contributed by atoms with Gasteiger partial charge in [-0.15, -0.1) is 5.10 Å². The van der Waals surface area contributed by atoms with Crippen LogP contribution in [0.3, 0.4) is 0 Å². The quantitative estimate of drug-likeness (QED) is 0.415. The maximum atomic E-state index is 6.41. The lowest BCUT2D eigenvalue weighted by Gasteiger charge is -2.34. The average Bonchev–Trinajstić information content (AvgIpc) is 3.40. The van der Waals surface area contributed by atoms with Crippen LogP contribution in [-0.2, 0) is 5.54 Å². The lowest BCUT2D eigenvalue weighted by molar-refractivity contribution is 0.254. The van der Waals surface area contributed by atoms with Crippen molar-refractivity contribution >= 4 is 35.0 Å². The number of rotatable bonds is 6. The van der Waals surface area contributed by atoms with Crippen molar-refractivity contribution in [1.29, 1.82) is 0 Å². The van der Waals surface area contributed by atoms with Gasteiger partial charge in [0.15, 0.2) is 5.82 Å². The first kappa shape index (κ1) is 22.8. The molecule has 5 nitrogen and oxygen atoms in total. The molecule has 32 heavy (non-hydrogen) atoms. The minimum absolute atomic E-state index is 0.0608. The van der Waals surface area contributed by atoms with E-state index in [4.69, 9.17) is 23.2 Å². The highest BCUT2D eigenvalue weighted by Crippen LogP contribution is 2.43. The van der Waals surface area contributed by atoms with Crippen molar-refractivity contribution < 1.29 is 0 Å². The molecule has 1 aliphatic rings. The second-order valence-corrected chi connectivity index (χ2v) is 10.4. The molecule has 1 heterocycles. The number of allylic oxidation sites excluding steroid dienone is 1. The van der Waals surface area contributed by atoms with Crippen LogP contribution < -0.4 is 5.32 Å². The fraction of sp³-hybridized carbons (Fsp3) is 0.400. The predicted molar refractivity (Wildman–Crippen MR) is 132 cm³/mol. The summed E-state index contributed by atoms with van der Waals surface area (Å²) in [6, 6.07) is 15.8. The van der Waals surface area contributed by atoms with Gasteiger partial charge in [-0.1, -0.05) is 93.2 Å². The summed E-state index contributed by atoms with van der Waals surface area (Å²) in [7, 11) is 0. The Kier molecular flexibility index (Phi) is 6.59. The number of nitrogens with one attached hydrogen (secondary N) is 1. The minimum atomic E-state index is -0.292. The predicted octanol–water partition coefficient (Wildman–Crippen LogP) is 7.16. The van der Waals surface area contributed by atoms with E-state index < -0.39 is 0 Å². The van der Waals surface area contributed by atoms with Crippen molar-refractivity contribution in [3.63, 3.8) is 0 Å². The van der Waals surface area contributed by atoms with Crippen LogP contribution in [0.4, 0.5) is 5.69 Å². The molecule has 168 valence electrons. The van der Waals surface area contributed by atoms with E-state index >= 15 is 0 Å². The first-order chi connectivity index (χ1) is 15.3. The Labute approximate surface area is 199 Å². The molecule has 2 aromatic carbocycles. The summed E-state index contributed by atoms with van der Waals surface area (Å²) < 4.78 is 1.99. The summed E-state index contributed by atoms with van der Waals surface area (Å²) in [5.41, 5.74) is 1.59. The van der Waals surface area contributed by atoms with E-state index in [0.29, 0.717) is 10.0 Å². The standard InChI is InChI=1S/C25H29Cl2N5/c1-24(2,3)22(14-12-18-11-13-19(26)17-21(18)27)32-23(29-30-31-32)25(15-7-8-16-25)28-20-9-5-4-6-10-20/h4-6,9-14,17,22,28H,7-8,15-16H2,1-3H3/b14-12-. The lowest BCUT2D eigenvalue weighted by atomic mass is 9.85. The van der Waals surface area contributed by atoms with E-state index in [-0.39, 0.29) is 17.0 Å². The van der Waals surface area contributed by atoms with E-state index in [9.17, 15) is 0 Å². The van der Waals surface area contributed by atoms with Gasteiger partial charge >= 0.3 is 0 Å². The van der Waals surface area contributed by atoms with Crippen molar-refractivity contribution in [2.75, 3.05) is 5.32 Å². The molecule has 1 unspecified atom stereocenters. The van der Waals surface area contributed by atoms with E-state index in [1.54, 1.807) is 6.07 Å². The Morgan fingerprint density at radius 1 is 1.06 bits per heavy atom. The molecule has 1 atom stereocenters. The average molecular weight is 470 g/mol. The minimum Gasteiger partial charge on any atom is -0.373 e. The number of anilines is 1. The van der Waals surface area contributed by atoms with Gasteiger partial charge in [-0.05, 0) is 58.5 Å². The van der Waals surface area contributed by atoms with Crippen molar-refractivity contribution in [3.8, 4) is 0 Å². The van der Waals surface area contributed by atoms with E-state index in [2.05, 4.69) is 59.8 Å². The maximum Gasteiger partial charge on any atom is 0.177 e. The van der Waals surface area contributed by atoms with E-state index in [1.807, 2.05) is 41.1 Å². The van der Waals surface area contributed by atoms with Gasteiger partial charge in [0.1, 0.15) is 0 Å². The molecule has 1 N–H and O–H groups in total. The van der Waals surface area contributed by atoms with Gasteiger partial charge in [0.25, 0.3) is 0 Å². The van der Waals surface area contributed by atoms with Gasteiger partial charge < -0.3 is 5.32 Å². The summed E-state index contributed by atoms with van der Waals surface area (Å²) >= 11 is 12.5. The maximum absolute atomic E-state index is 6.41. The van der Waals surface area contributed by atoms with Crippen molar-refractivity contribution in [2.45, 2.75) is 58.0 Å². The Balaban J connectivity index is 1.73. The van der Waals surface area contributed by atoms with Crippen LogP contribution in [0.25, 0.3) is 6.08 Å². The molecular formula is C25H29Cl2N5. The smallest absolute Gasteiger partial charge is 0.177 e. The highest BCUT2D eigenvalue weighted by molar-refractivity contribution is 6.35. The summed E-state index contributed by atoms with van der Waals surface area (Å²) in [5.74, 6) is 0.880. The zero-order valence-electron chi connectivity index (χ0n) is 18.7. The van der Waals surface area contributed by atoms with Crippen LogP contribution in [-0.4, -0.2) is 20.2 Å². The van der Waals surface area contributed by atoms with Crippen molar-refractivity contribution in [2.24, 2.45) is 5.41 Å². The Morgan fingerprint density at radius 3 is 2.44 bits per heavy atom. The van der Waals surface area contributed by atoms with E-state index in [1.165, 1.54) is 0 Å². The molecule has 7 heteroatoms. The van der Waals surface area contributed by atoms with Crippen LogP contribution in [0.5, 0.6) is 0 Å². The molecule has 1 aliphatic carbocycles. The summed E-state index contributed by atoms with van der Waals surface area (Å²) in [4.78, 5) is 0. The highest BCUT2D eigenvalue weighted by atomic mass is 35.5. The Hall–Kier alpha value is -2.37. The summed E-state index contributed by atoms with van der Waals surface area (Å²) in [5, 5.41) is 18.2. The molecule has 3 aromatic rings. The fourth-order valence-electron chi connectivity index (χ4n) is 4.45. The molecule has 4 rings (SSSR count). The molecule has 0 saturated heterocycles. The third kappa shape index (κ3) is 4.84. The van der Waals surface area contributed by atoms with Crippen LogP contribution in [0.2, 0.25) is 10.0 Å². The fourth-order valence-corrected chi connectivity index (χ4v) is 4.92. The first-order valence-corrected chi connectivity index (χ1v) is 11.8. The van der Waals surface area contributed by atoms with Crippen molar-refractivity contribution in [3.05, 3.63) is 76.0 Å². The highest BCUT2D eigenvalue weighted by Gasteiger charge is 2.42. The molecule has 0 aliphatic heterocycles. The third-order valence-electron chi connectivity index (χ3n) is 6.11. The van der Waals surface area contributed by atoms with Gasteiger partial charge in [-0.3, -0.25) is 0 Å². The van der Waals surface area contributed by atoms with Crippen LogP contribution >= 0.6 is 23.2 Å². The van der Waals surface area contributed by atoms with Gasteiger partial charge in [0.2, 0.25) is 0 Å². The zero-order valence-corrected chi connectivity index (χ0v) is 20.2. The van der Waals surface area contributed by atoms with Crippen molar-refractivity contribution in [1.82, 2.24) is 20.2 Å². The van der Waals surface area contributed by atoms with Crippen LogP contribution in [0.15, 0.2) is 54.6 Å². The number of hydrogen-bond donors (Lipinski definition) is 1. The lowest BCUT2D eigenvalue weighted by Crippen LogP contribution is -2.38. The largest absolute Gasteiger partial charge is 0.373 e. The monoisotopic (exact) mass is 469 g/mol. The molecule has 0 radical (unpaired) electrons. The van der Waals surface area contributed by atoms with Gasteiger partial charge in [0, 0.05) is 15.7 Å². The SMILES string of the molecule is CC(C)(C)C(/C=C\c1ccc(Cl)cc1Cl)n1nnnc1C1(Nc2ccccc2)CCCC1. The summed E-state index contributed by atoms with van der Waals surface area (Å²) in [6.45, 7) is 6.59. The Bertz CT molecular complexity index is 1080. The number of tetrazole rings is 1. The summed E-state index contributed by atoms with van der Waals surface area (Å²) in [6.07, 6.45) is 8.44. The molecule has 1 saturated carbocycles. The molecule has 0 bridgehead atoms.